The summed E-state index contributed by atoms with van der Waals surface area (Å²) < 4.78 is 0. The van der Waals surface area contributed by atoms with E-state index in [9.17, 15) is 4.79 Å². The number of benzene rings is 1. The van der Waals surface area contributed by atoms with E-state index in [0.717, 1.165) is 23.7 Å². The van der Waals surface area contributed by atoms with Crippen molar-refractivity contribution < 1.29 is 4.79 Å². The van der Waals surface area contributed by atoms with Crippen molar-refractivity contribution in [1.82, 2.24) is 4.98 Å². The van der Waals surface area contributed by atoms with E-state index in [0.29, 0.717) is 17.5 Å². The Bertz CT molecular complexity index is 617. The maximum absolute atomic E-state index is 11.4. The van der Waals surface area contributed by atoms with E-state index in [4.69, 9.17) is 11.5 Å². The summed E-state index contributed by atoms with van der Waals surface area (Å²) in [5, 5.41) is 1.11. The van der Waals surface area contributed by atoms with Crippen LogP contribution in [0.15, 0.2) is 24.4 Å². The normalized spacial score (nSPS) is 23.6. The first-order valence-corrected chi connectivity index (χ1v) is 6.82. The van der Waals surface area contributed by atoms with E-state index in [1.807, 2.05) is 24.4 Å². The number of hydrogen-bond donors (Lipinski definition) is 3. The Labute approximate surface area is 112 Å². The highest BCUT2D eigenvalue weighted by Crippen LogP contribution is 2.36. The molecule has 4 heteroatoms. The second-order valence-corrected chi connectivity index (χ2v) is 5.46. The summed E-state index contributed by atoms with van der Waals surface area (Å²) in [6.45, 7) is 0. The van der Waals surface area contributed by atoms with Crippen LogP contribution < -0.4 is 11.5 Å². The zero-order valence-corrected chi connectivity index (χ0v) is 10.9. The zero-order valence-electron chi connectivity index (χ0n) is 10.9. The number of carbonyl (C=O) groups excluding carboxylic acids is 1. The summed E-state index contributed by atoms with van der Waals surface area (Å²) in [5.41, 5.74) is 14.2. The number of nitrogens with two attached hydrogens (primary N) is 2. The van der Waals surface area contributed by atoms with Gasteiger partial charge >= 0.3 is 0 Å². The van der Waals surface area contributed by atoms with Gasteiger partial charge in [0.15, 0.2) is 0 Å². The molecule has 3 rings (SSSR count). The Hall–Kier alpha value is -1.81. The Morgan fingerprint density at radius 1 is 1.26 bits per heavy atom. The van der Waals surface area contributed by atoms with E-state index < -0.39 is 0 Å². The van der Waals surface area contributed by atoms with Crippen molar-refractivity contribution in [2.75, 3.05) is 0 Å². The molecule has 19 heavy (non-hydrogen) atoms. The number of amides is 1. The molecular formula is C15H19N3O. The van der Waals surface area contributed by atoms with Crippen LogP contribution in [0.3, 0.4) is 0 Å². The van der Waals surface area contributed by atoms with Crippen LogP contribution in [-0.4, -0.2) is 16.9 Å². The Morgan fingerprint density at radius 3 is 2.84 bits per heavy atom. The summed E-state index contributed by atoms with van der Waals surface area (Å²) in [7, 11) is 0. The van der Waals surface area contributed by atoms with Gasteiger partial charge in [0.25, 0.3) is 5.91 Å². The molecule has 1 saturated carbocycles. The van der Waals surface area contributed by atoms with E-state index >= 15 is 0 Å². The number of primary amides is 1. The van der Waals surface area contributed by atoms with Crippen molar-refractivity contribution in [3.8, 4) is 0 Å². The number of aromatic amines is 1. The molecule has 0 bridgehead atoms. The molecule has 0 radical (unpaired) electrons. The van der Waals surface area contributed by atoms with Crippen LogP contribution in [0, 0.1) is 0 Å². The van der Waals surface area contributed by atoms with E-state index in [1.54, 1.807) is 0 Å². The van der Waals surface area contributed by atoms with E-state index in [1.165, 1.54) is 18.4 Å². The van der Waals surface area contributed by atoms with Gasteiger partial charge < -0.3 is 16.5 Å². The summed E-state index contributed by atoms with van der Waals surface area (Å²) in [5.74, 6) is 0.100. The minimum absolute atomic E-state index is 0.295. The third-order valence-corrected chi connectivity index (χ3v) is 4.18. The minimum Gasteiger partial charge on any atom is -0.366 e. The molecule has 0 spiro atoms. The molecule has 100 valence electrons. The van der Waals surface area contributed by atoms with Crippen molar-refractivity contribution in [3.63, 3.8) is 0 Å². The van der Waals surface area contributed by atoms with E-state index in [2.05, 4.69) is 4.98 Å². The Balaban J connectivity index is 2.07. The molecule has 2 atom stereocenters. The molecular weight excluding hydrogens is 238 g/mol. The smallest absolute Gasteiger partial charge is 0.250 e. The summed E-state index contributed by atoms with van der Waals surface area (Å²) in [4.78, 5) is 14.6. The molecule has 2 aromatic rings. The van der Waals surface area contributed by atoms with Gasteiger partial charge in [-0.15, -0.1) is 0 Å². The second-order valence-electron chi connectivity index (χ2n) is 5.46. The standard InChI is InChI=1S/C15H19N3O/c16-10-3-1-2-9(8-10)11-4-5-13(15(17)19)14-12(11)6-7-18-14/h4-7,9-10,18H,1-3,8,16H2,(H2,17,19). The third kappa shape index (κ3) is 2.12. The molecule has 2 unspecified atom stereocenters. The summed E-state index contributed by atoms with van der Waals surface area (Å²) in [6.07, 6.45) is 6.35. The molecule has 4 nitrogen and oxygen atoms in total. The van der Waals surface area contributed by atoms with Crippen molar-refractivity contribution in [3.05, 3.63) is 35.5 Å². The van der Waals surface area contributed by atoms with Crippen LogP contribution in [0.4, 0.5) is 0 Å². The van der Waals surface area contributed by atoms with Crippen molar-refractivity contribution in [2.45, 2.75) is 37.6 Å². The first-order chi connectivity index (χ1) is 9.16. The van der Waals surface area contributed by atoms with Gasteiger partial charge in [0.1, 0.15) is 0 Å². The van der Waals surface area contributed by atoms with Gasteiger partial charge in [0, 0.05) is 17.6 Å². The van der Waals surface area contributed by atoms with Crippen LogP contribution in [0.25, 0.3) is 10.9 Å². The second kappa shape index (κ2) is 4.70. The highest BCUT2D eigenvalue weighted by Gasteiger charge is 2.23. The highest BCUT2D eigenvalue weighted by molar-refractivity contribution is 6.05. The molecule has 1 aromatic carbocycles. The molecule has 1 fully saturated rings. The van der Waals surface area contributed by atoms with E-state index in [-0.39, 0.29) is 5.91 Å². The summed E-state index contributed by atoms with van der Waals surface area (Å²) >= 11 is 0. The first kappa shape index (κ1) is 12.2. The quantitative estimate of drug-likeness (QED) is 0.770. The lowest BCUT2D eigenvalue weighted by atomic mass is 9.80. The number of aromatic nitrogens is 1. The Kier molecular flexibility index (Phi) is 3.03. The SMILES string of the molecule is NC(=O)c1ccc(C2CCCC(N)C2)c2cc[nH]c12. The minimum atomic E-state index is -0.389. The molecule has 0 saturated heterocycles. The fourth-order valence-electron chi connectivity index (χ4n) is 3.25. The molecule has 5 N–H and O–H groups in total. The Morgan fingerprint density at radius 2 is 2.11 bits per heavy atom. The van der Waals surface area contributed by atoms with Crippen molar-refractivity contribution >= 4 is 16.8 Å². The predicted molar refractivity (Wildman–Crippen MR) is 76.0 cm³/mol. The van der Waals surface area contributed by atoms with Gasteiger partial charge in [-0.25, -0.2) is 0 Å². The van der Waals surface area contributed by atoms with Crippen LogP contribution >= 0.6 is 0 Å². The maximum atomic E-state index is 11.4. The lowest BCUT2D eigenvalue weighted by Gasteiger charge is -2.27. The lowest BCUT2D eigenvalue weighted by Crippen LogP contribution is -2.27. The number of rotatable bonds is 2. The number of fused-ring (bicyclic) bond motifs is 1. The topological polar surface area (TPSA) is 84.9 Å². The number of nitrogens with one attached hydrogen (secondary N) is 1. The van der Waals surface area contributed by atoms with Crippen LogP contribution in [0.1, 0.15) is 47.5 Å². The van der Waals surface area contributed by atoms with Gasteiger partial charge in [-0.2, -0.15) is 0 Å². The fraction of sp³-hybridized carbons (Fsp3) is 0.400. The van der Waals surface area contributed by atoms with Gasteiger partial charge in [-0.05, 0) is 42.9 Å². The number of carbonyl (C=O) groups is 1. The highest BCUT2D eigenvalue weighted by atomic mass is 16.1. The largest absolute Gasteiger partial charge is 0.366 e. The monoisotopic (exact) mass is 257 g/mol. The molecule has 0 aliphatic heterocycles. The maximum Gasteiger partial charge on any atom is 0.250 e. The van der Waals surface area contributed by atoms with Crippen LogP contribution in [-0.2, 0) is 0 Å². The molecule has 1 aliphatic rings. The van der Waals surface area contributed by atoms with Crippen molar-refractivity contribution in [1.29, 1.82) is 0 Å². The molecule has 1 heterocycles. The average molecular weight is 257 g/mol. The van der Waals surface area contributed by atoms with Gasteiger partial charge in [-0.1, -0.05) is 12.5 Å². The number of hydrogen-bond acceptors (Lipinski definition) is 2. The van der Waals surface area contributed by atoms with Gasteiger partial charge in [-0.3, -0.25) is 4.79 Å². The summed E-state index contributed by atoms with van der Waals surface area (Å²) in [6, 6.07) is 6.19. The fourth-order valence-corrected chi connectivity index (χ4v) is 3.25. The average Bonchev–Trinajstić information content (AvgIpc) is 2.86. The lowest BCUT2D eigenvalue weighted by molar-refractivity contribution is 0.100. The molecule has 1 aliphatic carbocycles. The molecule has 1 amide bonds. The van der Waals surface area contributed by atoms with Gasteiger partial charge in [0.2, 0.25) is 0 Å². The third-order valence-electron chi connectivity index (χ3n) is 4.18. The first-order valence-electron chi connectivity index (χ1n) is 6.82. The van der Waals surface area contributed by atoms with Crippen LogP contribution in [0.5, 0.6) is 0 Å². The van der Waals surface area contributed by atoms with Crippen LogP contribution in [0.2, 0.25) is 0 Å². The van der Waals surface area contributed by atoms with Crippen molar-refractivity contribution in [2.24, 2.45) is 11.5 Å². The molecule has 1 aromatic heterocycles. The zero-order chi connectivity index (χ0) is 13.4. The van der Waals surface area contributed by atoms with Gasteiger partial charge in [0.05, 0.1) is 11.1 Å². The number of H-pyrrole nitrogens is 1. The predicted octanol–water partition coefficient (Wildman–Crippen LogP) is 2.25.